The van der Waals surface area contributed by atoms with Crippen LogP contribution in [0.3, 0.4) is 0 Å². The molecule has 1 rings (SSSR count). The molecule has 1 aliphatic heterocycles. The number of rotatable bonds is 1. The van der Waals surface area contributed by atoms with E-state index in [-0.39, 0.29) is 5.75 Å². The van der Waals surface area contributed by atoms with Crippen molar-refractivity contribution >= 4 is 16.8 Å². The molecule has 1 aliphatic rings. The number of nitrogens with one attached hydrogen (secondary N) is 1. The molecule has 1 saturated heterocycles. The van der Waals surface area contributed by atoms with Gasteiger partial charge in [0, 0.05) is 22.3 Å². The highest BCUT2D eigenvalue weighted by molar-refractivity contribution is 7.85. The van der Waals surface area contributed by atoms with Gasteiger partial charge in [-0.1, -0.05) is 0 Å². The fourth-order valence-electron chi connectivity index (χ4n) is 1.11. The van der Waals surface area contributed by atoms with Crippen LogP contribution < -0.4 is 5.32 Å². The van der Waals surface area contributed by atoms with E-state index in [1.54, 1.807) is 0 Å². The summed E-state index contributed by atoms with van der Waals surface area (Å²) in [6, 6.07) is -3.37. The maximum atomic E-state index is 12.2. The Hall–Kier alpha value is -0.630. The van der Waals surface area contributed by atoms with E-state index in [0.29, 0.717) is 0 Å². The van der Waals surface area contributed by atoms with Gasteiger partial charge in [-0.2, -0.15) is 13.2 Å². The molecule has 0 saturated carbocycles. The lowest BCUT2D eigenvalue weighted by atomic mass is 10.2. The highest BCUT2D eigenvalue weighted by Gasteiger charge is 2.45. The van der Waals surface area contributed by atoms with Gasteiger partial charge in [-0.3, -0.25) is 14.3 Å². The Morgan fingerprint density at radius 1 is 1.43 bits per heavy atom. The maximum Gasteiger partial charge on any atom is 0.404 e. The fourth-order valence-corrected chi connectivity index (χ4v) is 2.51. The van der Waals surface area contributed by atoms with Gasteiger partial charge < -0.3 is 5.11 Å². The first-order valence-corrected chi connectivity index (χ1v) is 5.20. The van der Waals surface area contributed by atoms with Crippen molar-refractivity contribution in [3.8, 4) is 0 Å². The van der Waals surface area contributed by atoms with Crippen molar-refractivity contribution in [1.82, 2.24) is 5.32 Å². The van der Waals surface area contributed by atoms with E-state index >= 15 is 0 Å². The van der Waals surface area contributed by atoms with Crippen LogP contribution in [0, 0.1) is 0 Å². The molecule has 0 aromatic heterocycles. The molecule has 1 fully saturated rings. The number of aliphatic carboxylic acids is 1. The highest BCUT2D eigenvalue weighted by atomic mass is 32.2. The van der Waals surface area contributed by atoms with Crippen molar-refractivity contribution in [3.05, 3.63) is 0 Å². The number of carboxylic acids is 1. The SMILES string of the molecule is O=C(O)C1CS(=O)CC(C(F)(F)F)N1. The Bertz CT molecular complexity index is 268. The predicted molar refractivity (Wildman–Crippen MR) is 42.3 cm³/mol. The second kappa shape index (κ2) is 3.85. The topological polar surface area (TPSA) is 66.4 Å². The first-order chi connectivity index (χ1) is 6.30. The summed E-state index contributed by atoms with van der Waals surface area (Å²) >= 11 is 0. The molecule has 0 aromatic carbocycles. The highest BCUT2D eigenvalue weighted by Crippen LogP contribution is 2.23. The van der Waals surface area contributed by atoms with E-state index in [1.807, 2.05) is 5.32 Å². The van der Waals surface area contributed by atoms with Crippen molar-refractivity contribution in [2.45, 2.75) is 18.3 Å². The second-order valence-electron chi connectivity index (χ2n) is 2.92. The van der Waals surface area contributed by atoms with Gasteiger partial charge in [0.1, 0.15) is 12.1 Å². The van der Waals surface area contributed by atoms with Crippen LogP contribution in [-0.4, -0.2) is 45.1 Å². The normalized spacial score (nSPS) is 34.1. The average molecular weight is 231 g/mol. The third-order valence-electron chi connectivity index (χ3n) is 1.80. The molecule has 2 N–H and O–H groups in total. The van der Waals surface area contributed by atoms with Crippen LogP contribution in [0.15, 0.2) is 0 Å². The summed E-state index contributed by atoms with van der Waals surface area (Å²) in [5.41, 5.74) is 0. The van der Waals surface area contributed by atoms with E-state index < -0.39 is 40.8 Å². The van der Waals surface area contributed by atoms with Crippen LogP contribution in [0.1, 0.15) is 0 Å². The van der Waals surface area contributed by atoms with Crippen molar-refractivity contribution in [1.29, 1.82) is 0 Å². The molecule has 3 atom stereocenters. The third kappa shape index (κ3) is 2.68. The number of alkyl halides is 3. The van der Waals surface area contributed by atoms with Crippen molar-refractivity contribution in [3.63, 3.8) is 0 Å². The van der Waals surface area contributed by atoms with E-state index in [0.717, 1.165) is 0 Å². The van der Waals surface area contributed by atoms with Crippen LogP contribution >= 0.6 is 0 Å². The standard InChI is InChI=1S/C6H8F3NO3S/c7-6(8,9)4-2-14(13)1-3(10-4)5(11)12/h3-4,10H,1-2H2,(H,11,12). The molecule has 0 radical (unpaired) electrons. The molecule has 0 spiro atoms. The minimum absolute atomic E-state index is 0.276. The number of carboxylic acid groups (broad SMARTS) is 1. The second-order valence-corrected chi connectivity index (χ2v) is 4.47. The molecule has 0 aromatic rings. The summed E-state index contributed by atoms with van der Waals surface area (Å²) in [5, 5.41) is 10.4. The van der Waals surface area contributed by atoms with Gasteiger partial charge >= 0.3 is 12.1 Å². The summed E-state index contributed by atoms with van der Waals surface area (Å²) in [6.45, 7) is 0. The van der Waals surface area contributed by atoms with Gasteiger partial charge in [0.2, 0.25) is 0 Å². The van der Waals surface area contributed by atoms with Crippen LogP contribution in [-0.2, 0) is 15.6 Å². The van der Waals surface area contributed by atoms with E-state index in [2.05, 4.69) is 0 Å². The smallest absolute Gasteiger partial charge is 0.404 e. The summed E-state index contributed by atoms with van der Waals surface area (Å²) in [6.07, 6.45) is -4.55. The van der Waals surface area contributed by atoms with Crippen molar-refractivity contribution < 1.29 is 27.3 Å². The lowest BCUT2D eigenvalue weighted by Gasteiger charge is -2.29. The Labute approximate surface area is 79.9 Å². The van der Waals surface area contributed by atoms with Gasteiger partial charge in [-0.05, 0) is 0 Å². The van der Waals surface area contributed by atoms with E-state index in [4.69, 9.17) is 5.11 Å². The zero-order valence-corrected chi connectivity index (χ0v) is 7.69. The molecular weight excluding hydrogens is 223 g/mol. The summed E-state index contributed by atoms with van der Waals surface area (Å²) in [5.74, 6) is -2.26. The molecule has 8 heteroatoms. The van der Waals surface area contributed by atoms with Crippen LogP contribution in [0.25, 0.3) is 0 Å². The minimum Gasteiger partial charge on any atom is -0.480 e. The molecule has 4 nitrogen and oxygen atoms in total. The predicted octanol–water partition coefficient (Wildman–Crippen LogP) is -0.278. The zero-order chi connectivity index (χ0) is 10.9. The maximum absolute atomic E-state index is 12.2. The first-order valence-electron chi connectivity index (χ1n) is 3.71. The van der Waals surface area contributed by atoms with Gasteiger partial charge in [-0.25, -0.2) is 0 Å². The number of hydrogen-bond donors (Lipinski definition) is 2. The molecule has 14 heavy (non-hydrogen) atoms. The zero-order valence-electron chi connectivity index (χ0n) is 6.87. The summed E-state index contributed by atoms with van der Waals surface area (Å²) in [7, 11) is -1.73. The first kappa shape index (κ1) is 11.4. The Morgan fingerprint density at radius 2 is 2.00 bits per heavy atom. The Kier molecular flexibility index (Phi) is 3.15. The Balaban J connectivity index is 2.73. The molecule has 0 bridgehead atoms. The molecular formula is C6H8F3NO3S. The largest absolute Gasteiger partial charge is 0.480 e. The molecule has 0 amide bonds. The lowest BCUT2D eigenvalue weighted by molar-refractivity contribution is -0.157. The average Bonchev–Trinajstić information content (AvgIpc) is 2.01. The lowest BCUT2D eigenvalue weighted by Crippen LogP contribution is -2.58. The summed E-state index contributed by atoms with van der Waals surface area (Å²) < 4.78 is 47.4. The fraction of sp³-hybridized carbons (Fsp3) is 0.833. The van der Waals surface area contributed by atoms with Crippen LogP contribution in [0.2, 0.25) is 0 Å². The van der Waals surface area contributed by atoms with E-state index in [9.17, 15) is 22.2 Å². The molecule has 0 aliphatic carbocycles. The van der Waals surface area contributed by atoms with Gasteiger partial charge in [0.15, 0.2) is 0 Å². The Morgan fingerprint density at radius 3 is 2.43 bits per heavy atom. The molecule has 1 heterocycles. The molecule has 82 valence electrons. The van der Waals surface area contributed by atoms with Crippen molar-refractivity contribution in [2.75, 3.05) is 11.5 Å². The monoisotopic (exact) mass is 231 g/mol. The number of halogens is 3. The number of hydrogen-bond acceptors (Lipinski definition) is 3. The van der Waals surface area contributed by atoms with E-state index in [1.165, 1.54) is 0 Å². The summed E-state index contributed by atoms with van der Waals surface area (Å²) in [4.78, 5) is 10.4. The third-order valence-corrected chi connectivity index (χ3v) is 3.21. The number of carbonyl (C=O) groups is 1. The van der Waals surface area contributed by atoms with Crippen LogP contribution in [0.4, 0.5) is 13.2 Å². The minimum atomic E-state index is -4.55. The van der Waals surface area contributed by atoms with Crippen molar-refractivity contribution in [2.24, 2.45) is 0 Å². The van der Waals surface area contributed by atoms with Gasteiger partial charge in [-0.15, -0.1) is 0 Å². The quantitative estimate of drug-likeness (QED) is 0.651. The van der Waals surface area contributed by atoms with Gasteiger partial charge in [0.25, 0.3) is 0 Å². The van der Waals surface area contributed by atoms with Gasteiger partial charge in [0.05, 0.1) is 0 Å². The van der Waals surface area contributed by atoms with Crippen LogP contribution in [0.5, 0.6) is 0 Å². The molecule has 3 unspecified atom stereocenters.